The monoisotopic (exact) mass is 436 g/mol. The number of thiophene rings is 1. The van der Waals surface area contributed by atoms with Crippen LogP contribution in [0.1, 0.15) is 52.7 Å². The zero-order chi connectivity index (χ0) is 21.1. The van der Waals surface area contributed by atoms with E-state index in [4.69, 9.17) is 4.98 Å². The minimum atomic E-state index is -0.480. The Balaban J connectivity index is 1.25. The molecule has 2 N–H and O–H groups in total. The van der Waals surface area contributed by atoms with Crippen molar-refractivity contribution in [3.05, 3.63) is 52.8 Å². The summed E-state index contributed by atoms with van der Waals surface area (Å²) in [5.41, 5.74) is 3.05. The molecule has 4 aromatic heterocycles. The Kier molecular flexibility index (Phi) is 4.29. The average Bonchev–Trinajstić information content (AvgIpc) is 3.43. The first-order valence-electron chi connectivity index (χ1n) is 10.5. The summed E-state index contributed by atoms with van der Waals surface area (Å²) in [5, 5.41) is 6.43. The first kappa shape index (κ1) is 18.8. The van der Waals surface area contributed by atoms with Crippen LogP contribution in [0.3, 0.4) is 0 Å². The van der Waals surface area contributed by atoms with Gasteiger partial charge in [0.2, 0.25) is 0 Å². The van der Waals surface area contributed by atoms with Crippen molar-refractivity contribution in [3.8, 4) is 0 Å². The molecule has 0 aromatic carbocycles. The second kappa shape index (κ2) is 7.06. The molecule has 2 fully saturated rings. The SMILES string of the molecule is Cc1cn2cc(NC(=O)c3cc4ncc(C5CC6CCC(C5)N6)nc4s3)cc(F)c2n1. The predicted molar refractivity (Wildman–Crippen MR) is 117 cm³/mol. The van der Waals surface area contributed by atoms with Crippen molar-refractivity contribution in [1.29, 1.82) is 0 Å². The van der Waals surface area contributed by atoms with Crippen molar-refractivity contribution in [2.45, 2.75) is 50.6 Å². The maximum atomic E-state index is 14.3. The van der Waals surface area contributed by atoms with E-state index in [0.717, 1.165) is 23.4 Å². The van der Waals surface area contributed by atoms with Gasteiger partial charge < -0.3 is 15.0 Å². The molecule has 2 unspecified atom stereocenters. The molecule has 6 heterocycles. The summed E-state index contributed by atoms with van der Waals surface area (Å²) in [4.78, 5) is 27.6. The van der Waals surface area contributed by atoms with E-state index in [0.29, 0.717) is 39.8 Å². The highest BCUT2D eigenvalue weighted by Gasteiger charge is 2.34. The maximum absolute atomic E-state index is 14.3. The fraction of sp³-hybridized carbons (Fsp3) is 0.364. The molecule has 2 aliphatic heterocycles. The molecule has 2 aliphatic rings. The maximum Gasteiger partial charge on any atom is 0.265 e. The van der Waals surface area contributed by atoms with Crippen LogP contribution in [0, 0.1) is 12.7 Å². The molecule has 7 nitrogen and oxygen atoms in total. The number of hydrogen-bond donors (Lipinski definition) is 2. The molecule has 31 heavy (non-hydrogen) atoms. The fourth-order valence-corrected chi connectivity index (χ4v) is 5.76. The van der Waals surface area contributed by atoms with E-state index in [-0.39, 0.29) is 11.6 Å². The van der Waals surface area contributed by atoms with Crippen LogP contribution in [0.25, 0.3) is 16.0 Å². The van der Waals surface area contributed by atoms with Crippen LogP contribution in [0.2, 0.25) is 0 Å². The van der Waals surface area contributed by atoms with Crippen molar-refractivity contribution >= 4 is 38.9 Å². The highest BCUT2D eigenvalue weighted by molar-refractivity contribution is 7.20. The first-order chi connectivity index (χ1) is 15.0. The van der Waals surface area contributed by atoms with Gasteiger partial charge in [-0.3, -0.25) is 9.78 Å². The van der Waals surface area contributed by atoms with Gasteiger partial charge in [0.15, 0.2) is 11.5 Å². The Morgan fingerprint density at radius 1 is 1.23 bits per heavy atom. The molecular weight excluding hydrogens is 415 g/mol. The molecule has 4 aromatic rings. The predicted octanol–water partition coefficient (Wildman–Crippen LogP) is 4.04. The third-order valence-corrected chi connectivity index (χ3v) is 7.28. The van der Waals surface area contributed by atoms with Crippen LogP contribution >= 0.6 is 11.3 Å². The van der Waals surface area contributed by atoms with Gasteiger partial charge in [-0.25, -0.2) is 14.4 Å². The number of rotatable bonds is 3. The summed E-state index contributed by atoms with van der Waals surface area (Å²) in [6.45, 7) is 1.80. The minimum absolute atomic E-state index is 0.240. The molecule has 2 saturated heterocycles. The van der Waals surface area contributed by atoms with Gasteiger partial charge in [-0.05, 0) is 38.7 Å². The Labute approximate surface area is 181 Å². The number of aromatic nitrogens is 4. The van der Waals surface area contributed by atoms with Crippen molar-refractivity contribution < 1.29 is 9.18 Å². The van der Waals surface area contributed by atoms with Crippen molar-refractivity contribution in [3.63, 3.8) is 0 Å². The van der Waals surface area contributed by atoms with Gasteiger partial charge in [-0.2, -0.15) is 0 Å². The number of hydrogen-bond acceptors (Lipinski definition) is 6. The third kappa shape index (κ3) is 3.37. The van der Waals surface area contributed by atoms with Crippen molar-refractivity contribution in [2.75, 3.05) is 5.32 Å². The number of carbonyl (C=O) groups is 1. The van der Waals surface area contributed by atoms with E-state index in [1.165, 1.54) is 30.2 Å². The van der Waals surface area contributed by atoms with Crippen LogP contribution in [-0.2, 0) is 0 Å². The second-order valence-corrected chi connectivity index (χ2v) is 9.58. The minimum Gasteiger partial charge on any atom is -0.320 e. The fourth-order valence-electron chi connectivity index (χ4n) is 4.87. The highest BCUT2D eigenvalue weighted by atomic mass is 32.1. The lowest BCUT2D eigenvalue weighted by Gasteiger charge is -2.28. The van der Waals surface area contributed by atoms with Gasteiger partial charge in [-0.15, -0.1) is 11.3 Å². The topological polar surface area (TPSA) is 84.2 Å². The molecule has 6 rings (SSSR count). The van der Waals surface area contributed by atoms with E-state index in [9.17, 15) is 9.18 Å². The normalized spacial score (nSPS) is 23.0. The number of amides is 1. The lowest BCUT2D eigenvalue weighted by molar-refractivity contribution is 0.103. The van der Waals surface area contributed by atoms with Crippen LogP contribution in [-0.4, -0.2) is 37.3 Å². The molecular formula is C22H21FN6OS. The van der Waals surface area contributed by atoms with Crippen molar-refractivity contribution in [2.24, 2.45) is 0 Å². The summed E-state index contributed by atoms with van der Waals surface area (Å²) in [6, 6.07) is 4.20. The molecule has 0 spiro atoms. The lowest BCUT2D eigenvalue weighted by atomic mass is 9.90. The van der Waals surface area contributed by atoms with Gasteiger partial charge in [0.1, 0.15) is 10.3 Å². The number of halogens is 1. The van der Waals surface area contributed by atoms with Crippen molar-refractivity contribution in [1.82, 2.24) is 24.7 Å². The van der Waals surface area contributed by atoms with E-state index < -0.39 is 5.82 Å². The Hall–Kier alpha value is -2.91. The number of carbonyl (C=O) groups excluding carboxylic acids is 1. The van der Waals surface area contributed by atoms with E-state index in [1.807, 2.05) is 6.20 Å². The van der Waals surface area contributed by atoms with Crippen LogP contribution in [0.4, 0.5) is 10.1 Å². The number of imidazole rings is 1. The molecule has 0 saturated carbocycles. The van der Waals surface area contributed by atoms with E-state index >= 15 is 0 Å². The molecule has 0 radical (unpaired) electrons. The summed E-state index contributed by atoms with van der Waals surface area (Å²) in [5.74, 6) is -0.364. The summed E-state index contributed by atoms with van der Waals surface area (Å²) in [7, 11) is 0. The highest BCUT2D eigenvalue weighted by Crippen LogP contribution is 2.37. The second-order valence-electron chi connectivity index (χ2n) is 8.55. The van der Waals surface area contributed by atoms with Crippen LogP contribution in [0.5, 0.6) is 0 Å². The zero-order valence-electron chi connectivity index (χ0n) is 16.9. The third-order valence-electron chi connectivity index (χ3n) is 6.26. The molecule has 2 atom stereocenters. The smallest absolute Gasteiger partial charge is 0.265 e. The molecule has 1 amide bonds. The number of pyridine rings is 1. The summed E-state index contributed by atoms with van der Waals surface area (Å²) < 4.78 is 15.9. The summed E-state index contributed by atoms with van der Waals surface area (Å²) in [6.07, 6.45) is 9.90. The Morgan fingerprint density at radius 2 is 2.03 bits per heavy atom. The van der Waals surface area contributed by atoms with Gasteiger partial charge >= 0.3 is 0 Å². The van der Waals surface area contributed by atoms with E-state index in [1.54, 1.807) is 29.8 Å². The molecule has 2 bridgehead atoms. The zero-order valence-corrected chi connectivity index (χ0v) is 17.7. The Bertz CT molecular complexity index is 1320. The van der Waals surface area contributed by atoms with Crippen LogP contribution in [0.15, 0.2) is 30.7 Å². The van der Waals surface area contributed by atoms with Crippen LogP contribution < -0.4 is 10.6 Å². The number of anilines is 1. The molecule has 158 valence electrons. The molecule has 9 heteroatoms. The molecule has 0 aliphatic carbocycles. The lowest BCUT2D eigenvalue weighted by Crippen LogP contribution is -2.37. The first-order valence-corrected chi connectivity index (χ1v) is 11.3. The number of aryl methyl sites for hydroxylation is 1. The van der Waals surface area contributed by atoms with E-state index in [2.05, 4.69) is 20.6 Å². The quantitative estimate of drug-likeness (QED) is 0.506. The standard InChI is InChI=1S/C22H21FN6OS/c1-11-9-29-10-15(6-16(23)20(29)25-11)27-21(30)19-7-17-22(31-19)28-18(8-24-17)12-4-13-2-3-14(5-12)26-13/h6-10,12-14,26H,2-5H2,1H3,(H,27,30). The number of piperidine rings is 1. The number of nitrogens with zero attached hydrogens (tertiary/aromatic N) is 4. The Morgan fingerprint density at radius 3 is 2.84 bits per heavy atom. The number of nitrogens with one attached hydrogen (secondary N) is 2. The van der Waals surface area contributed by atoms with Gasteiger partial charge in [0.25, 0.3) is 5.91 Å². The average molecular weight is 437 g/mol. The number of fused-ring (bicyclic) bond motifs is 4. The van der Waals surface area contributed by atoms with Gasteiger partial charge in [0.05, 0.1) is 22.0 Å². The largest absolute Gasteiger partial charge is 0.320 e. The van der Waals surface area contributed by atoms with Gasteiger partial charge in [0, 0.05) is 42.7 Å². The van der Waals surface area contributed by atoms with Gasteiger partial charge in [-0.1, -0.05) is 0 Å². The summed E-state index contributed by atoms with van der Waals surface area (Å²) >= 11 is 1.32.